The number of rotatable bonds is 2. The summed E-state index contributed by atoms with van der Waals surface area (Å²) in [7, 11) is 0. The van der Waals surface area contributed by atoms with Crippen LogP contribution in [0, 0.1) is 11.3 Å². The molecule has 39 heavy (non-hydrogen) atoms. The molecule has 5 aromatic rings. The Hall–Kier alpha value is -5.26. The van der Waals surface area contributed by atoms with Crippen LogP contribution in [0.5, 0.6) is 0 Å². The predicted molar refractivity (Wildman–Crippen MR) is 147 cm³/mol. The zero-order valence-corrected chi connectivity index (χ0v) is 21.0. The third kappa shape index (κ3) is 4.11. The van der Waals surface area contributed by atoms with Gasteiger partial charge in [-0.3, -0.25) is 29.8 Å². The van der Waals surface area contributed by atoms with Crippen LogP contribution in [-0.2, 0) is 0 Å². The number of hydrogen-bond donors (Lipinski definition) is 2. The minimum Gasteiger partial charge on any atom is -0.288 e. The minimum absolute atomic E-state index is 0.287. The maximum absolute atomic E-state index is 12.3. The van der Waals surface area contributed by atoms with E-state index in [-0.39, 0.29) is 17.4 Å². The van der Waals surface area contributed by atoms with E-state index in [1.54, 1.807) is 30.3 Å². The van der Waals surface area contributed by atoms with Crippen LogP contribution in [0.25, 0.3) is 21.5 Å². The molecule has 0 unspecified atom stereocenters. The number of hydrogen-bond acceptors (Lipinski definition) is 6. The molecule has 4 amide bonds. The number of nitriles is 1. The van der Waals surface area contributed by atoms with Crippen LogP contribution >= 0.6 is 11.8 Å². The van der Waals surface area contributed by atoms with Gasteiger partial charge in [0.05, 0.1) is 22.8 Å². The summed E-state index contributed by atoms with van der Waals surface area (Å²) in [5.74, 6) is -1.57. The van der Waals surface area contributed by atoms with E-state index in [0.29, 0.717) is 27.6 Å². The molecule has 2 heterocycles. The van der Waals surface area contributed by atoms with Crippen LogP contribution < -0.4 is 10.6 Å². The molecule has 0 saturated carbocycles. The van der Waals surface area contributed by atoms with E-state index >= 15 is 0 Å². The number of imide groups is 2. The van der Waals surface area contributed by atoms with Gasteiger partial charge in [-0.1, -0.05) is 66.4 Å². The average Bonchev–Trinajstić information content (AvgIpc) is 2.95. The molecular weight excluding hydrogens is 510 g/mol. The molecular formula is C31H17N3O4S. The van der Waals surface area contributed by atoms with Gasteiger partial charge in [0.2, 0.25) is 0 Å². The van der Waals surface area contributed by atoms with Crippen molar-refractivity contribution in [1.29, 1.82) is 5.26 Å². The number of carbonyl (C=O) groups excluding carboxylic acids is 4. The second-order valence-electron chi connectivity index (χ2n) is 8.83. The fourth-order valence-corrected chi connectivity index (χ4v) is 5.82. The lowest BCUT2D eigenvalue weighted by Gasteiger charge is -2.19. The highest BCUT2D eigenvalue weighted by Gasteiger charge is 2.28. The van der Waals surface area contributed by atoms with Gasteiger partial charge >= 0.3 is 0 Å². The smallest absolute Gasteiger partial charge is 0.260 e. The lowest BCUT2D eigenvalue weighted by Crippen LogP contribution is -2.35. The van der Waals surface area contributed by atoms with Crippen LogP contribution in [-0.4, -0.2) is 23.6 Å². The van der Waals surface area contributed by atoms with E-state index in [9.17, 15) is 19.2 Å². The molecule has 0 bridgehead atoms. The predicted octanol–water partition coefficient (Wildman–Crippen LogP) is 5.47. The van der Waals surface area contributed by atoms with Gasteiger partial charge in [-0.15, -0.1) is 0 Å². The molecule has 0 saturated heterocycles. The van der Waals surface area contributed by atoms with E-state index in [1.807, 2.05) is 66.7 Å². The second kappa shape index (κ2) is 9.56. The lowest BCUT2D eigenvalue weighted by atomic mass is 9.92. The normalized spacial score (nSPS) is 13.3. The molecule has 7 nitrogen and oxygen atoms in total. The summed E-state index contributed by atoms with van der Waals surface area (Å²) in [4.78, 5) is 49.7. The lowest BCUT2D eigenvalue weighted by molar-refractivity contribution is 0.0827. The van der Waals surface area contributed by atoms with Gasteiger partial charge < -0.3 is 0 Å². The van der Waals surface area contributed by atoms with E-state index in [0.717, 1.165) is 25.9 Å². The zero-order chi connectivity index (χ0) is 27.1. The molecule has 2 N–H and O–H groups in total. The summed E-state index contributed by atoms with van der Waals surface area (Å²) in [6.45, 7) is 0. The van der Waals surface area contributed by atoms with Crippen molar-refractivity contribution in [1.82, 2.24) is 10.6 Å². The maximum atomic E-state index is 12.3. The van der Waals surface area contributed by atoms with Gasteiger partial charge in [0.15, 0.2) is 0 Å². The molecule has 7 rings (SSSR count). The fourth-order valence-electron chi connectivity index (χ4n) is 4.84. The third-order valence-corrected chi connectivity index (χ3v) is 7.61. The van der Waals surface area contributed by atoms with E-state index in [2.05, 4.69) is 10.6 Å². The summed E-state index contributed by atoms with van der Waals surface area (Å²) in [6.07, 6.45) is 0. The fraction of sp³-hybridized carbons (Fsp3) is 0. The van der Waals surface area contributed by atoms with Crippen LogP contribution in [0.4, 0.5) is 0 Å². The van der Waals surface area contributed by atoms with Crippen molar-refractivity contribution in [3.05, 3.63) is 119 Å². The molecule has 186 valence electrons. The Morgan fingerprint density at radius 3 is 1.74 bits per heavy atom. The zero-order valence-electron chi connectivity index (χ0n) is 20.1. The first-order chi connectivity index (χ1) is 19.0. The summed E-state index contributed by atoms with van der Waals surface area (Å²) in [5, 5.41) is 16.7. The maximum Gasteiger partial charge on any atom is 0.260 e. The first kappa shape index (κ1) is 24.1. The number of carbonyl (C=O) groups is 4. The van der Waals surface area contributed by atoms with E-state index < -0.39 is 11.8 Å². The van der Waals surface area contributed by atoms with Crippen molar-refractivity contribution < 1.29 is 19.2 Å². The van der Waals surface area contributed by atoms with Crippen molar-refractivity contribution in [3.63, 3.8) is 0 Å². The summed E-state index contributed by atoms with van der Waals surface area (Å²) < 4.78 is 0. The van der Waals surface area contributed by atoms with Gasteiger partial charge in [0.1, 0.15) is 0 Å². The highest BCUT2D eigenvalue weighted by atomic mass is 32.2. The Morgan fingerprint density at radius 2 is 1.13 bits per heavy atom. The van der Waals surface area contributed by atoms with Gasteiger partial charge in [-0.25, -0.2) is 0 Å². The standard InChI is InChI=1S/C18H11NO2S.C13H6N2O2/c20-17-13-8-4-5-11-9-10-14(16(15(11)13)18(21)19-17)22-12-6-2-1-3-7-12;14-6-8-5-4-7-2-1-3-9-10(7)11(8)13(17)15-12(9)16/h1-10H,(H,19,20,21);1-5H,(H,15,16,17). The SMILES string of the molecule is N#Cc1ccc2cccc3c2c1C(=O)NC3=O.O=C1NC(=O)c2c(Sc3ccccc3)ccc3cccc1c23. The first-order valence-corrected chi connectivity index (χ1v) is 12.7. The van der Waals surface area contributed by atoms with Crippen LogP contribution in [0.15, 0.2) is 101 Å². The van der Waals surface area contributed by atoms with Gasteiger partial charge in [-0.2, -0.15) is 5.26 Å². The Bertz CT molecular complexity index is 1930. The van der Waals surface area contributed by atoms with Gasteiger partial charge in [-0.05, 0) is 47.2 Å². The molecule has 0 atom stereocenters. The summed E-state index contributed by atoms with van der Waals surface area (Å²) in [6, 6.07) is 29.8. The van der Waals surface area contributed by atoms with Crippen molar-refractivity contribution in [2.45, 2.75) is 9.79 Å². The number of nitrogens with one attached hydrogen (secondary N) is 2. The molecule has 2 aliphatic rings. The highest BCUT2D eigenvalue weighted by Crippen LogP contribution is 2.37. The van der Waals surface area contributed by atoms with Crippen molar-refractivity contribution in [2.75, 3.05) is 0 Å². The van der Waals surface area contributed by atoms with Crippen LogP contribution in [0.1, 0.15) is 47.0 Å². The largest absolute Gasteiger partial charge is 0.288 e. The molecule has 0 spiro atoms. The Morgan fingerprint density at radius 1 is 0.564 bits per heavy atom. The first-order valence-electron chi connectivity index (χ1n) is 11.9. The van der Waals surface area contributed by atoms with Gasteiger partial charge in [0.25, 0.3) is 23.6 Å². The monoisotopic (exact) mass is 527 g/mol. The molecule has 0 fully saturated rings. The van der Waals surface area contributed by atoms with E-state index in [4.69, 9.17) is 5.26 Å². The summed E-state index contributed by atoms with van der Waals surface area (Å²) >= 11 is 1.53. The van der Waals surface area contributed by atoms with Crippen LogP contribution in [0.2, 0.25) is 0 Å². The van der Waals surface area contributed by atoms with Crippen molar-refractivity contribution in [2.24, 2.45) is 0 Å². The minimum atomic E-state index is -0.504. The number of benzene rings is 5. The highest BCUT2D eigenvalue weighted by molar-refractivity contribution is 7.99. The van der Waals surface area contributed by atoms with Crippen LogP contribution in [0.3, 0.4) is 0 Å². The topological polar surface area (TPSA) is 116 Å². The summed E-state index contributed by atoms with van der Waals surface area (Å²) in [5.41, 5.74) is 2.16. The number of amides is 4. The Kier molecular flexibility index (Phi) is 5.91. The second-order valence-corrected chi connectivity index (χ2v) is 9.94. The Balaban J connectivity index is 0.000000147. The van der Waals surface area contributed by atoms with Crippen molar-refractivity contribution in [3.8, 4) is 6.07 Å². The quantitative estimate of drug-likeness (QED) is 0.294. The molecule has 0 aromatic heterocycles. The molecule has 0 aliphatic carbocycles. The molecule has 2 aliphatic heterocycles. The third-order valence-electron chi connectivity index (χ3n) is 6.54. The van der Waals surface area contributed by atoms with E-state index in [1.165, 1.54) is 11.8 Å². The number of nitrogens with zero attached hydrogens (tertiary/aromatic N) is 1. The Labute approximate surface area is 226 Å². The molecule has 0 radical (unpaired) electrons. The van der Waals surface area contributed by atoms with Crippen molar-refractivity contribution >= 4 is 56.9 Å². The van der Waals surface area contributed by atoms with Gasteiger partial charge in [0, 0.05) is 31.7 Å². The average molecular weight is 528 g/mol. The molecule has 8 heteroatoms. The molecule has 5 aromatic carbocycles.